The number of allylic oxidation sites excluding steroid dienone is 1. The summed E-state index contributed by atoms with van der Waals surface area (Å²) in [4.78, 5) is 0. The predicted molar refractivity (Wildman–Crippen MR) is 97.3 cm³/mol. The lowest BCUT2D eigenvalue weighted by Crippen LogP contribution is -2.10. The van der Waals surface area contributed by atoms with Crippen LogP contribution in [0.15, 0.2) is 48.0 Å². The van der Waals surface area contributed by atoms with E-state index in [4.69, 9.17) is 0 Å². The predicted octanol–water partition coefficient (Wildman–Crippen LogP) is 5.67. The molecule has 0 bridgehead atoms. The fourth-order valence-electron chi connectivity index (χ4n) is 3.17. The molecular formula is C21H23Si. The largest absolute Gasteiger partial charge is 0.0659 e. The van der Waals surface area contributed by atoms with E-state index in [1.807, 2.05) is 0 Å². The summed E-state index contributed by atoms with van der Waals surface area (Å²) in [5, 5.41) is 0. The summed E-state index contributed by atoms with van der Waals surface area (Å²) in [5.74, 6) is 0. The number of rotatable bonds is 2. The molecule has 0 nitrogen and oxygen atoms in total. The Morgan fingerprint density at radius 2 is 1.68 bits per heavy atom. The van der Waals surface area contributed by atoms with Crippen LogP contribution in [-0.4, -0.2) is 10.2 Å². The summed E-state index contributed by atoms with van der Waals surface area (Å²) >= 11 is 0. The number of fused-ring (bicyclic) bond motifs is 1. The fourth-order valence-corrected chi connectivity index (χ4v) is 3.71. The Bertz CT molecular complexity index is 715. The molecule has 0 amide bonds. The lowest BCUT2D eigenvalue weighted by atomic mass is 9.86. The van der Waals surface area contributed by atoms with Gasteiger partial charge in [-0.25, -0.2) is 0 Å². The van der Waals surface area contributed by atoms with Crippen molar-refractivity contribution in [3.05, 3.63) is 64.7 Å². The molecule has 2 aromatic carbocycles. The van der Waals surface area contributed by atoms with Crippen LogP contribution >= 0.6 is 0 Å². The molecule has 1 unspecified atom stereocenters. The molecule has 0 fully saturated rings. The van der Waals surface area contributed by atoms with E-state index in [1.54, 1.807) is 0 Å². The number of benzene rings is 2. The molecule has 1 aliphatic carbocycles. The molecule has 1 atom stereocenters. The Kier molecular flexibility index (Phi) is 3.86. The van der Waals surface area contributed by atoms with E-state index in [-0.39, 0.29) is 5.41 Å². The van der Waals surface area contributed by atoms with Gasteiger partial charge in [0.2, 0.25) is 0 Å². The molecule has 3 rings (SSSR count). The number of hydrogen-bond donors (Lipinski definition) is 0. The lowest BCUT2D eigenvalue weighted by molar-refractivity contribution is 0.590. The second-order valence-electron chi connectivity index (χ2n) is 7.14. The minimum Gasteiger partial charge on any atom is -0.0659 e. The first kappa shape index (κ1) is 15.3. The van der Waals surface area contributed by atoms with Crippen LogP contribution in [0.5, 0.6) is 0 Å². The summed E-state index contributed by atoms with van der Waals surface area (Å²) < 4.78 is 0. The second-order valence-corrected chi connectivity index (χ2v) is 7.72. The molecule has 1 aliphatic rings. The third-order valence-electron chi connectivity index (χ3n) is 4.62. The first-order chi connectivity index (χ1) is 10.4. The van der Waals surface area contributed by atoms with Crippen molar-refractivity contribution in [3.63, 3.8) is 0 Å². The highest BCUT2D eigenvalue weighted by atomic mass is 28.1. The quantitative estimate of drug-likeness (QED) is 0.627. The molecule has 0 aliphatic heterocycles. The van der Waals surface area contributed by atoms with Crippen LogP contribution in [0.3, 0.4) is 0 Å². The molecule has 0 aromatic heterocycles. The Balaban J connectivity index is 2.06. The Labute approximate surface area is 137 Å². The first-order valence-electron chi connectivity index (χ1n) is 8.07. The molecule has 0 N–H and O–H groups in total. The van der Waals surface area contributed by atoms with Crippen LogP contribution in [0.1, 0.15) is 56.3 Å². The third-order valence-corrected chi connectivity index (χ3v) is 5.30. The molecule has 0 saturated heterocycles. The molecule has 111 valence electrons. The average Bonchev–Trinajstić information content (AvgIpc) is 2.83. The molecule has 0 spiro atoms. The van der Waals surface area contributed by atoms with Crippen molar-refractivity contribution in [3.8, 4) is 11.1 Å². The van der Waals surface area contributed by atoms with Crippen LogP contribution in [0.2, 0.25) is 0 Å². The standard InChI is InChI=1S/C21H23Si/c1-5-14-13-19-17(7-6-8-18(19)20(14)22)15-9-11-16(12-10-15)21(2,3)4/h6-13,20H,5H2,1-4H3. The van der Waals surface area contributed by atoms with Gasteiger partial charge in [-0.3, -0.25) is 0 Å². The summed E-state index contributed by atoms with van der Waals surface area (Å²) in [5.41, 5.74) is 8.83. The minimum atomic E-state index is 0.202. The monoisotopic (exact) mass is 303 g/mol. The highest BCUT2D eigenvalue weighted by molar-refractivity contribution is 6.16. The van der Waals surface area contributed by atoms with Gasteiger partial charge in [0.25, 0.3) is 0 Å². The Morgan fingerprint density at radius 1 is 1.00 bits per heavy atom. The van der Waals surface area contributed by atoms with E-state index in [1.165, 1.54) is 33.4 Å². The van der Waals surface area contributed by atoms with Crippen molar-refractivity contribution in [1.82, 2.24) is 0 Å². The van der Waals surface area contributed by atoms with Crippen LogP contribution in [0.25, 0.3) is 17.2 Å². The molecule has 2 aromatic rings. The van der Waals surface area contributed by atoms with Gasteiger partial charge < -0.3 is 0 Å². The van der Waals surface area contributed by atoms with Crippen LogP contribution in [0.4, 0.5) is 0 Å². The Hall–Kier alpha value is -1.60. The van der Waals surface area contributed by atoms with Gasteiger partial charge in [-0.1, -0.05) is 81.8 Å². The van der Waals surface area contributed by atoms with E-state index in [0.29, 0.717) is 5.54 Å². The van der Waals surface area contributed by atoms with Crippen molar-refractivity contribution < 1.29 is 0 Å². The minimum absolute atomic E-state index is 0.202. The van der Waals surface area contributed by atoms with Gasteiger partial charge in [0.05, 0.1) is 0 Å². The summed E-state index contributed by atoms with van der Waals surface area (Å²) in [6.07, 6.45) is 3.45. The zero-order valence-electron chi connectivity index (χ0n) is 13.9. The highest BCUT2D eigenvalue weighted by Gasteiger charge is 2.22. The van der Waals surface area contributed by atoms with E-state index >= 15 is 0 Å². The van der Waals surface area contributed by atoms with Crippen LogP contribution in [-0.2, 0) is 5.41 Å². The van der Waals surface area contributed by atoms with Crippen molar-refractivity contribution in [2.24, 2.45) is 0 Å². The van der Waals surface area contributed by atoms with Crippen molar-refractivity contribution in [1.29, 1.82) is 0 Å². The number of hydrogen-bond acceptors (Lipinski definition) is 0. The maximum Gasteiger partial charge on any atom is 0.0392 e. The fraction of sp³-hybridized carbons (Fsp3) is 0.333. The van der Waals surface area contributed by atoms with Gasteiger partial charge in [0, 0.05) is 10.2 Å². The van der Waals surface area contributed by atoms with Gasteiger partial charge in [0.1, 0.15) is 0 Å². The smallest absolute Gasteiger partial charge is 0.0392 e. The molecule has 0 heterocycles. The second kappa shape index (κ2) is 5.55. The summed E-state index contributed by atoms with van der Waals surface area (Å²) in [6.45, 7) is 9.00. The van der Waals surface area contributed by atoms with Gasteiger partial charge in [-0.15, -0.1) is 0 Å². The highest BCUT2D eigenvalue weighted by Crippen LogP contribution is 2.40. The molecule has 3 radical (unpaired) electrons. The van der Waals surface area contributed by atoms with E-state index in [0.717, 1.165) is 6.42 Å². The van der Waals surface area contributed by atoms with E-state index in [9.17, 15) is 0 Å². The Morgan fingerprint density at radius 3 is 2.27 bits per heavy atom. The van der Waals surface area contributed by atoms with Gasteiger partial charge in [-0.2, -0.15) is 0 Å². The summed E-state index contributed by atoms with van der Waals surface area (Å²) in [6, 6.07) is 15.7. The lowest BCUT2D eigenvalue weighted by Gasteiger charge is -2.19. The molecule has 0 saturated carbocycles. The average molecular weight is 304 g/mol. The van der Waals surface area contributed by atoms with Crippen molar-refractivity contribution in [2.45, 2.75) is 45.1 Å². The molecule has 1 heteroatoms. The van der Waals surface area contributed by atoms with E-state index < -0.39 is 0 Å². The maximum absolute atomic E-state index is 3.90. The zero-order valence-corrected chi connectivity index (χ0v) is 14.9. The summed E-state index contributed by atoms with van der Waals surface area (Å²) in [7, 11) is 3.90. The van der Waals surface area contributed by atoms with Crippen LogP contribution in [0, 0.1) is 0 Å². The maximum atomic E-state index is 3.90. The van der Waals surface area contributed by atoms with Gasteiger partial charge in [-0.05, 0) is 45.2 Å². The third kappa shape index (κ3) is 2.59. The molecular weight excluding hydrogens is 280 g/mol. The zero-order chi connectivity index (χ0) is 15.9. The first-order valence-corrected chi connectivity index (χ1v) is 8.65. The van der Waals surface area contributed by atoms with Crippen molar-refractivity contribution >= 4 is 16.3 Å². The normalized spacial score (nSPS) is 17.3. The van der Waals surface area contributed by atoms with Crippen LogP contribution < -0.4 is 0 Å². The topological polar surface area (TPSA) is 0 Å². The SMILES string of the molecule is CCC1=Cc2c(-c3ccc(C(C)(C)C)cc3)cccc2C1[Si]. The van der Waals surface area contributed by atoms with E-state index in [2.05, 4.69) is 86.5 Å². The van der Waals surface area contributed by atoms with Crippen molar-refractivity contribution in [2.75, 3.05) is 0 Å². The van der Waals surface area contributed by atoms with Gasteiger partial charge >= 0.3 is 0 Å². The molecule has 22 heavy (non-hydrogen) atoms. The van der Waals surface area contributed by atoms with Gasteiger partial charge in [0.15, 0.2) is 0 Å².